The number of carbonyl (C=O) groups excluding carboxylic acids is 1. The van der Waals surface area contributed by atoms with Crippen LogP contribution < -0.4 is 5.73 Å². The molecule has 0 saturated heterocycles. The highest BCUT2D eigenvalue weighted by Crippen LogP contribution is 2.28. The Bertz CT molecular complexity index is 657. The molecule has 0 radical (unpaired) electrons. The third-order valence-electron chi connectivity index (χ3n) is 2.23. The second-order valence-corrected chi connectivity index (χ2v) is 3.80. The lowest BCUT2D eigenvalue weighted by molar-refractivity contribution is -0.141. The number of amides is 1. The number of hydrogen-bond acceptors (Lipinski definition) is 7. The van der Waals surface area contributed by atoms with Crippen molar-refractivity contribution in [3.8, 4) is 11.6 Å². The van der Waals surface area contributed by atoms with Crippen molar-refractivity contribution in [3.63, 3.8) is 0 Å². The molecule has 0 spiro atoms. The van der Waals surface area contributed by atoms with Crippen LogP contribution in [0.3, 0.4) is 0 Å². The molecule has 1 atom stereocenters. The van der Waals surface area contributed by atoms with Crippen molar-refractivity contribution >= 4 is 6.09 Å². The molecule has 0 bridgehead atoms. The summed E-state index contributed by atoms with van der Waals surface area (Å²) in [6, 6.07) is 0.712. The van der Waals surface area contributed by atoms with E-state index in [1.54, 1.807) is 0 Å². The van der Waals surface area contributed by atoms with Crippen molar-refractivity contribution in [2.75, 3.05) is 0 Å². The monoisotopic (exact) mass is 303 g/mol. The van der Waals surface area contributed by atoms with Crippen LogP contribution in [0, 0.1) is 0 Å². The lowest BCUT2D eigenvalue weighted by Gasteiger charge is -2.05. The minimum Gasteiger partial charge on any atom is -0.437 e. The van der Waals surface area contributed by atoms with Crippen molar-refractivity contribution in [3.05, 3.63) is 23.8 Å². The summed E-state index contributed by atoms with van der Waals surface area (Å²) in [6.45, 7) is 1.40. The molecular weight excluding hydrogens is 295 g/mol. The van der Waals surface area contributed by atoms with Gasteiger partial charge in [-0.2, -0.15) is 18.2 Å². The van der Waals surface area contributed by atoms with Gasteiger partial charge >= 0.3 is 12.3 Å². The fourth-order valence-corrected chi connectivity index (χ4v) is 1.34. The molecule has 2 aromatic rings. The molecule has 1 amide bonds. The maximum atomic E-state index is 12.5. The molecule has 2 rings (SSSR count). The van der Waals surface area contributed by atoms with Gasteiger partial charge in [-0.1, -0.05) is 5.16 Å². The average Bonchev–Trinajstić information content (AvgIpc) is 2.86. The van der Waals surface area contributed by atoms with Gasteiger partial charge in [-0.05, 0) is 13.0 Å². The second-order valence-electron chi connectivity index (χ2n) is 3.80. The van der Waals surface area contributed by atoms with Crippen LogP contribution in [0.5, 0.6) is 0 Å². The number of hydrogen-bond donors (Lipinski definition) is 1. The van der Waals surface area contributed by atoms with Gasteiger partial charge in [-0.3, -0.25) is 0 Å². The van der Waals surface area contributed by atoms with Gasteiger partial charge in [0, 0.05) is 6.20 Å². The van der Waals surface area contributed by atoms with Gasteiger partial charge in [-0.25, -0.2) is 14.8 Å². The van der Waals surface area contributed by atoms with Crippen LogP contribution in [0.1, 0.15) is 24.6 Å². The van der Waals surface area contributed by atoms with Crippen molar-refractivity contribution in [1.82, 2.24) is 20.1 Å². The van der Waals surface area contributed by atoms with Gasteiger partial charge in [0.15, 0.2) is 6.10 Å². The van der Waals surface area contributed by atoms with E-state index in [-0.39, 0.29) is 17.5 Å². The van der Waals surface area contributed by atoms with Crippen molar-refractivity contribution in [2.24, 2.45) is 5.73 Å². The number of alkyl halides is 3. The van der Waals surface area contributed by atoms with E-state index in [4.69, 9.17) is 10.3 Å². The highest BCUT2D eigenvalue weighted by atomic mass is 19.4. The van der Waals surface area contributed by atoms with Gasteiger partial charge in [0.05, 0.1) is 0 Å². The Kier molecular flexibility index (Phi) is 3.74. The Morgan fingerprint density at radius 1 is 1.38 bits per heavy atom. The molecule has 2 aromatic heterocycles. The molecule has 112 valence electrons. The smallest absolute Gasteiger partial charge is 0.433 e. The highest BCUT2D eigenvalue weighted by molar-refractivity contribution is 5.64. The number of nitrogens with two attached hydrogens (primary N) is 1. The molecule has 0 aliphatic heterocycles. The summed E-state index contributed by atoms with van der Waals surface area (Å²) in [6.07, 6.45) is -5.70. The number of carbonyl (C=O) groups is 1. The summed E-state index contributed by atoms with van der Waals surface area (Å²) >= 11 is 0. The number of halogens is 3. The molecule has 0 fully saturated rings. The van der Waals surface area contributed by atoms with Crippen molar-refractivity contribution < 1.29 is 27.2 Å². The number of ether oxygens (including phenoxy) is 1. The maximum Gasteiger partial charge on any atom is 0.433 e. The lowest BCUT2D eigenvalue weighted by Crippen LogP contribution is -2.15. The first-order valence-corrected chi connectivity index (χ1v) is 5.47. The summed E-state index contributed by atoms with van der Waals surface area (Å²) in [4.78, 5) is 21.3. The standard InChI is InChI=1S/C10H8F3N5O3/c1-4(20-9(14)19)8-17-7(18-21-8)6-15-3-2-5(16-6)10(11,12)13/h2-4H,1H3,(H2,14,19). The number of primary amides is 1. The van der Waals surface area contributed by atoms with Gasteiger partial charge < -0.3 is 15.0 Å². The predicted octanol–water partition coefficient (Wildman–Crippen LogP) is 1.70. The van der Waals surface area contributed by atoms with E-state index in [9.17, 15) is 18.0 Å². The lowest BCUT2D eigenvalue weighted by atomic mass is 10.4. The van der Waals surface area contributed by atoms with Crippen LogP contribution in [0.2, 0.25) is 0 Å². The summed E-state index contributed by atoms with van der Waals surface area (Å²) in [5, 5.41) is 3.43. The van der Waals surface area contributed by atoms with E-state index in [1.807, 2.05) is 0 Å². The van der Waals surface area contributed by atoms with Crippen molar-refractivity contribution in [2.45, 2.75) is 19.2 Å². The zero-order valence-corrected chi connectivity index (χ0v) is 10.5. The van der Waals surface area contributed by atoms with E-state index in [0.29, 0.717) is 6.07 Å². The first-order valence-electron chi connectivity index (χ1n) is 5.47. The van der Waals surface area contributed by atoms with E-state index in [0.717, 1.165) is 6.20 Å². The minimum atomic E-state index is -4.62. The zero-order valence-electron chi connectivity index (χ0n) is 10.5. The largest absolute Gasteiger partial charge is 0.437 e. The molecule has 21 heavy (non-hydrogen) atoms. The molecule has 0 aliphatic rings. The zero-order chi connectivity index (χ0) is 15.6. The molecular formula is C10H8F3N5O3. The predicted molar refractivity (Wildman–Crippen MR) is 59.4 cm³/mol. The molecule has 1 unspecified atom stereocenters. The molecule has 0 aliphatic carbocycles. The van der Waals surface area contributed by atoms with Gasteiger partial charge in [-0.15, -0.1) is 0 Å². The Morgan fingerprint density at radius 2 is 2.10 bits per heavy atom. The Balaban J connectivity index is 2.28. The number of rotatable bonds is 3. The van der Waals surface area contributed by atoms with Crippen LogP contribution in [0.15, 0.2) is 16.8 Å². The summed E-state index contributed by atoms with van der Waals surface area (Å²) in [5.74, 6) is -0.785. The van der Waals surface area contributed by atoms with Gasteiger partial charge in [0.25, 0.3) is 5.89 Å². The average molecular weight is 303 g/mol. The Hall–Kier alpha value is -2.72. The van der Waals surface area contributed by atoms with Crippen LogP contribution >= 0.6 is 0 Å². The van der Waals surface area contributed by atoms with Crippen LogP contribution in [0.4, 0.5) is 18.0 Å². The van der Waals surface area contributed by atoms with Crippen LogP contribution in [-0.2, 0) is 10.9 Å². The molecule has 0 saturated carbocycles. The first kappa shape index (κ1) is 14.7. The summed E-state index contributed by atoms with van der Waals surface area (Å²) < 4.78 is 46.9. The van der Waals surface area contributed by atoms with Crippen LogP contribution in [0.25, 0.3) is 11.6 Å². The first-order chi connectivity index (χ1) is 9.77. The Labute approximate surface area is 115 Å². The summed E-state index contributed by atoms with van der Waals surface area (Å²) in [7, 11) is 0. The molecule has 0 aromatic carbocycles. The number of aromatic nitrogens is 4. The highest BCUT2D eigenvalue weighted by Gasteiger charge is 2.33. The third kappa shape index (κ3) is 3.43. The normalized spacial score (nSPS) is 13.0. The number of nitrogens with zero attached hydrogens (tertiary/aromatic N) is 4. The molecule has 8 nitrogen and oxygen atoms in total. The van der Waals surface area contributed by atoms with E-state index >= 15 is 0 Å². The SMILES string of the molecule is CC(OC(N)=O)c1nc(-c2nccc(C(F)(F)F)n2)no1. The van der Waals surface area contributed by atoms with E-state index in [1.165, 1.54) is 6.92 Å². The minimum absolute atomic E-state index is 0.148. The Morgan fingerprint density at radius 3 is 2.71 bits per heavy atom. The molecule has 2 heterocycles. The molecule has 2 N–H and O–H groups in total. The van der Waals surface area contributed by atoms with Crippen LogP contribution in [-0.4, -0.2) is 26.2 Å². The third-order valence-corrected chi connectivity index (χ3v) is 2.23. The molecule has 11 heteroatoms. The van der Waals surface area contributed by atoms with Gasteiger partial charge in [0.2, 0.25) is 11.6 Å². The quantitative estimate of drug-likeness (QED) is 0.916. The fourth-order valence-electron chi connectivity index (χ4n) is 1.34. The maximum absolute atomic E-state index is 12.5. The van der Waals surface area contributed by atoms with E-state index < -0.39 is 24.1 Å². The van der Waals surface area contributed by atoms with Gasteiger partial charge in [0.1, 0.15) is 5.69 Å². The summed E-state index contributed by atoms with van der Waals surface area (Å²) in [5.41, 5.74) is 3.68. The second kappa shape index (κ2) is 5.34. The van der Waals surface area contributed by atoms with E-state index in [2.05, 4.69) is 24.8 Å². The fraction of sp³-hybridized carbons (Fsp3) is 0.300. The van der Waals surface area contributed by atoms with Crippen molar-refractivity contribution in [1.29, 1.82) is 0 Å². The topological polar surface area (TPSA) is 117 Å².